The van der Waals surface area contributed by atoms with Gasteiger partial charge in [-0.15, -0.1) is 0 Å². The number of benzene rings is 1. The van der Waals surface area contributed by atoms with Gasteiger partial charge in [-0.1, -0.05) is 44.9 Å². The fourth-order valence-electron chi connectivity index (χ4n) is 2.61. The van der Waals surface area contributed by atoms with Gasteiger partial charge in [-0.2, -0.15) is 0 Å². The van der Waals surface area contributed by atoms with Gasteiger partial charge < -0.3 is 0 Å². The summed E-state index contributed by atoms with van der Waals surface area (Å²) in [5, 5.41) is 1.99. The highest BCUT2D eigenvalue weighted by Crippen LogP contribution is 2.33. The van der Waals surface area contributed by atoms with Crippen LogP contribution in [0.3, 0.4) is 0 Å². The van der Waals surface area contributed by atoms with Crippen LogP contribution >= 0.6 is 11.6 Å². The molecule has 0 fully saturated rings. The van der Waals surface area contributed by atoms with Crippen LogP contribution in [-0.4, -0.2) is 4.98 Å². The van der Waals surface area contributed by atoms with E-state index in [4.69, 9.17) is 16.6 Å². The first kappa shape index (κ1) is 14.3. The van der Waals surface area contributed by atoms with E-state index in [9.17, 15) is 0 Å². The maximum absolute atomic E-state index is 6.61. The molecule has 0 bridgehead atoms. The topological polar surface area (TPSA) is 12.9 Å². The molecule has 0 saturated heterocycles. The second kappa shape index (κ2) is 5.92. The van der Waals surface area contributed by atoms with Gasteiger partial charge in [-0.05, 0) is 48.9 Å². The number of unbranched alkanes of at least 4 members (excludes halogenated alkanes) is 1. The van der Waals surface area contributed by atoms with E-state index in [-0.39, 0.29) is 0 Å². The molecule has 2 heteroatoms. The van der Waals surface area contributed by atoms with Crippen LogP contribution in [0.4, 0.5) is 0 Å². The van der Waals surface area contributed by atoms with E-state index >= 15 is 0 Å². The Morgan fingerprint density at radius 3 is 2.63 bits per heavy atom. The maximum atomic E-state index is 6.61. The van der Waals surface area contributed by atoms with E-state index in [1.807, 2.05) is 6.92 Å². The van der Waals surface area contributed by atoms with Gasteiger partial charge in [0.25, 0.3) is 0 Å². The van der Waals surface area contributed by atoms with Crippen molar-refractivity contribution in [3.8, 4) is 0 Å². The van der Waals surface area contributed by atoms with Crippen molar-refractivity contribution >= 4 is 22.5 Å². The number of halogens is 1. The van der Waals surface area contributed by atoms with Gasteiger partial charge in [0.15, 0.2) is 0 Å². The molecule has 1 aromatic heterocycles. The van der Waals surface area contributed by atoms with Gasteiger partial charge in [0, 0.05) is 11.1 Å². The Hall–Kier alpha value is -1.08. The van der Waals surface area contributed by atoms with E-state index in [0.717, 1.165) is 28.0 Å². The number of aromatic nitrogens is 1. The number of hydrogen-bond acceptors (Lipinski definition) is 1. The third kappa shape index (κ3) is 2.92. The first-order chi connectivity index (χ1) is 9.04. The first-order valence-corrected chi connectivity index (χ1v) is 7.51. The van der Waals surface area contributed by atoms with Crippen LogP contribution in [0.5, 0.6) is 0 Å². The fraction of sp³-hybridized carbons (Fsp3) is 0.471. The molecule has 2 rings (SSSR count). The third-order valence-corrected chi connectivity index (χ3v) is 4.02. The van der Waals surface area contributed by atoms with E-state index in [1.54, 1.807) is 0 Å². The molecule has 102 valence electrons. The monoisotopic (exact) mass is 275 g/mol. The van der Waals surface area contributed by atoms with Crippen LogP contribution < -0.4 is 0 Å². The second-order valence-corrected chi connectivity index (χ2v) is 5.91. The lowest BCUT2D eigenvalue weighted by molar-refractivity contribution is 0.795. The highest BCUT2D eigenvalue weighted by atomic mass is 35.5. The maximum Gasteiger partial charge on any atom is 0.0720 e. The first-order valence-electron chi connectivity index (χ1n) is 7.13. The average molecular weight is 276 g/mol. The van der Waals surface area contributed by atoms with Crippen LogP contribution in [0.15, 0.2) is 18.2 Å². The molecule has 0 radical (unpaired) electrons. The van der Waals surface area contributed by atoms with Crippen molar-refractivity contribution in [3.63, 3.8) is 0 Å². The number of rotatable bonds is 4. The van der Waals surface area contributed by atoms with E-state index in [0.29, 0.717) is 5.92 Å². The second-order valence-electron chi connectivity index (χ2n) is 5.53. The van der Waals surface area contributed by atoms with Crippen molar-refractivity contribution < 1.29 is 0 Å². The minimum atomic E-state index is 0.406. The van der Waals surface area contributed by atoms with E-state index in [2.05, 4.69) is 39.0 Å². The van der Waals surface area contributed by atoms with Crippen molar-refractivity contribution in [1.29, 1.82) is 0 Å². The Morgan fingerprint density at radius 2 is 2.00 bits per heavy atom. The molecular weight excluding hydrogens is 254 g/mol. The van der Waals surface area contributed by atoms with Gasteiger partial charge >= 0.3 is 0 Å². The highest BCUT2D eigenvalue weighted by Gasteiger charge is 2.14. The third-order valence-electron chi connectivity index (χ3n) is 3.61. The molecule has 2 aromatic rings. The lowest BCUT2D eigenvalue weighted by Gasteiger charge is -2.14. The molecule has 1 nitrogen and oxygen atoms in total. The number of pyridine rings is 1. The Morgan fingerprint density at radius 1 is 1.26 bits per heavy atom. The molecule has 0 amide bonds. The summed E-state index contributed by atoms with van der Waals surface area (Å²) in [5.41, 5.74) is 4.60. The van der Waals surface area contributed by atoms with Gasteiger partial charge in [0.2, 0.25) is 0 Å². The molecule has 0 aliphatic rings. The summed E-state index contributed by atoms with van der Waals surface area (Å²) in [6, 6.07) is 6.49. The molecule has 0 unspecified atom stereocenters. The van der Waals surface area contributed by atoms with Gasteiger partial charge in [-0.25, -0.2) is 0 Å². The Balaban J connectivity index is 2.57. The molecule has 0 aliphatic heterocycles. The van der Waals surface area contributed by atoms with Crippen LogP contribution in [-0.2, 0) is 6.42 Å². The largest absolute Gasteiger partial charge is 0.253 e. The van der Waals surface area contributed by atoms with Crippen molar-refractivity contribution in [2.75, 3.05) is 0 Å². The van der Waals surface area contributed by atoms with E-state index in [1.165, 1.54) is 24.0 Å². The molecule has 19 heavy (non-hydrogen) atoms. The summed E-state index contributed by atoms with van der Waals surface area (Å²) in [6.07, 6.45) is 3.56. The zero-order valence-electron chi connectivity index (χ0n) is 12.3. The smallest absolute Gasteiger partial charge is 0.0720 e. The predicted molar refractivity (Wildman–Crippen MR) is 84.2 cm³/mol. The summed E-state index contributed by atoms with van der Waals surface area (Å²) >= 11 is 6.61. The fourth-order valence-corrected chi connectivity index (χ4v) is 3.12. The summed E-state index contributed by atoms with van der Waals surface area (Å²) in [4.78, 5) is 4.69. The van der Waals surface area contributed by atoms with Crippen LogP contribution in [0.2, 0.25) is 5.02 Å². The minimum absolute atomic E-state index is 0.406. The Kier molecular flexibility index (Phi) is 4.46. The molecule has 0 atom stereocenters. The minimum Gasteiger partial charge on any atom is -0.253 e. The number of hydrogen-bond donors (Lipinski definition) is 0. The van der Waals surface area contributed by atoms with Crippen LogP contribution in [0.1, 0.15) is 56.4 Å². The molecule has 0 N–H and O–H groups in total. The van der Waals surface area contributed by atoms with Gasteiger partial charge in [-0.3, -0.25) is 4.98 Å². The van der Waals surface area contributed by atoms with Gasteiger partial charge in [0.1, 0.15) is 0 Å². The van der Waals surface area contributed by atoms with Crippen LogP contribution in [0.25, 0.3) is 10.9 Å². The van der Waals surface area contributed by atoms with Gasteiger partial charge in [0.05, 0.1) is 10.5 Å². The molecular formula is C17H22ClN. The van der Waals surface area contributed by atoms with Crippen LogP contribution in [0, 0.1) is 6.92 Å². The molecule has 1 aromatic carbocycles. The summed E-state index contributed by atoms with van der Waals surface area (Å²) < 4.78 is 0. The standard InChI is InChI=1S/C17H22ClN/c1-5-6-7-13-8-9-15-14(10-13)17(18)16(11(2)3)12(4)19-15/h8-11H,5-7H2,1-4H3. The SMILES string of the molecule is CCCCc1ccc2nc(C)c(C(C)C)c(Cl)c2c1. The number of nitrogens with zero attached hydrogens (tertiary/aromatic N) is 1. The van der Waals surface area contributed by atoms with E-state index < -0.39 is 0 Å². The zero-order valence-corrected chi connectivity index (χ0v) is 13.0. The Bertz CT molecular complexity index is 587. The zero-order chi connectivity index (χ0) is 14.0. The lowest BCUT2D eigenvalue weighted by Crippen LogP contribution is -1.98. The molecule has 0 spiro atoms. The Labute approximate surface area is 121 Å². The molecule has 0 aliphatic carbocycles. The van der Waals surface area contributed by atoms with Crippen molar-refractivity contribution in [3.05, 3.63) is 40.0 Å². The summed E-state index contributed by atoms with van der Waals surface area (Å²) in [6.45, 7) is 8.60. The van der Waals surface area contributed by atoms with Crippen molar-refractivity contribution in [1.82, 2.24) is 4.98 Å². The summed E-state index contributed by atoms with van der Waals surface area (Å²) in [5.74, 6) is 0.406. The summed E-state index contributed by atoms with van der Waals surface area (Å²) in [7, 11) is 0. The molecule has 1 heterocycles. The van der Waals surface area contributed by atoms with Crippen molar-refractivity contribution in [2.45, 2.75) is 52.9 Å². The highest BCUT2D eigenvalue weighted by molar-refractivity contribution is 6.36. The number of aryl methyl sites for hydroxylation is 2. The van der Waals surface area contributed by atoms with Crippen molar-refractivity contribution in [2.24, 2.45) is 0 Å². The number of fused-ring (bicyclic) bond motifs is 1. The predicted octanol–water partition coefficient (Wildman–Crippen LogP) is 5.66. The quantitative estimate of drug-likeness (QED) is 0.701. The normalized spacial score (nSPS) is 11.5. The average Bonchev–Trinajstić information content (AvgIpc) is 2.36. The molecule has 0 saturated carbocycles. The lowest BCUT2D eigenvalue weighted by atomic mass is 9.98.